The number of rotatable bonds is 15. The first-order chi connectivity index (χ1) is 23.5. The lowest BCUT2D eigenvalue weighted by atomic mass is 9.91. The van der Waals surface area contributed by atoms with Crippen LogP contribution >= 0.6 is 0 Å². The van der Waals surface area contributed by atoms with Gasteiger partial charge in [0.25, 0.3) is 10.1 Å². The maximum Gasteiger partial charge on any atom is 0.408 e. The molecule has 3 aromatic carbocycles. The van der Waals surface area contributed by atoms with Crippen molar-refractivity contribution in [2.24, 2.45) is 11.3 Å². The highest BCUT2D eigenvalue weighted by Crippen LogP contribution is 2.34. The molecule has 270 valence electrons. The third-order valence-electron chi connectivity index (χ3n) is 7.79. The van der Waals surface area contributed by atoms with E-state index in [1.54, 1.807) is 57.2 Å². The molecule has 1 fully saturated rings. The average molecular weight is 714 g/mol. The normalized spacial score (nSPS) is 19.2. The number of carbonyl (C=O) groups is 3. The van der Waals surface area contributed by atoms with E-state index in [1.807, 2.05) is 37.3 Å². The molecule has 1 heterocycles. The lowest BCUT2D eigenvalue weighted by Gasteiger charge is -2.39. The van der Waals surface area contributed by atoms with Crippen LogP contribution in [-0.4, -0.2) is 74.7 Å². The molecule has 50 heavy (non-hydrogen) atoms. The highest BCUT2D eigenvalue weighted by atomic mass is 32.2. The van der Waals surface area contributed by atoms with Gasteiger partial charge in [0.1, 0.15) is 24.0 Å². The van der Waals surface area contributed by atoms with Crippen molar-refractivity contribution in [2.75, 3.05) is 26.4 Å². The molecular formula is C36H43NO12S. The minimum absolute atomic E-state index is 0.0181. The fourth-order valence-electron chi connectivity index (χ4n) is 5.05. The molecule has 1 aliphatic heterocycles. The summed E-state index contributed by atoms with van der Waals surface area (Å²) >= 11 is 0. The van der Waals surface area contributed by atoms with Gasteiger partial charge in [0.2, 0.25) is 0 Å². The van der Waals surface area contributed by atoms with Crippen LogP contribution in [0.1, 0.15) is 50.2 Å². The Morgan fingerprint density at radius 2 is 1.52 bits per heavy atom. The first kappa shape index (κ1) is 38.3. The molecule has 0 unspecified atom stereocenters. The minimum atomic E-state index is -4.10. The van der Waals surface area contributed by atoms with E-state index in [-0.39, 0.29) is 44.2 Å². The molecule has 0 bridgehead atoms. The van der Waals surface area contributed by atoms with Gasteiger partial charge in [-0.1, -0.05) is 60.2 Å². The lowest BCUT2D eigenvalue weighted by Crippen LogP contribution is -2.47. The van der Waals surface area contributed by atoms with Crippen LogP contribution < -0.4 is 10.1 Å². The number of carboxylic acid groups (broad SMARTS) is 2. The molecule has 1 amide bonds. The molecular weight excluding hydrogens is 670 g/mol. The molecule has 0 aromatic heterocycles. The van der Waals surface area contributed by atoms with E-state index >= 15 is 0 Å². The summed E-state index contributed by atoms with van der Waals surface area (Å²) in [5.74, 6) is -3.35. The van der Waals surface area contributed by atoms with E-state index in [2.05, 4.69) is 5.32 Å². The first-order valence-corrected chi connectivity index (χ1v) is 17.4. The second kappa shape index (κ2) is 16.5. The molecule has 2 atom stereocenters. The van der Waals surface area contributed by atoms with Gasteiger partial charge < -0.3 is 34.5 Å². The van der Waals surface area contributed by atoms with E-state index in [4.69, 9.17) is 23.1 Å². The maximum absolute atomic E-state index is 13.0. The summed E-state index contributed by atoms with van der Waals surface area (Å²) in [6.07, 6.45) is -2.01. The third kappa shape index (κ3) is 11.3. The Hall–Kier alpha value is -4.50. The number of benzene rings is 3. The quantitative estimate of drug-likeness (QED) is 0.177. The van der Waals surface area contributed by atoms with Crippen molar-refractivity contribution in [3.8, 4) is 5.75 Å². The van der Waals surface area contributed by atoms with Gasteiger partial charge >= 0.3 is 18.0 Å². The van der Waals surface area contributed by atoms with Crippen LogP contribution in [-0.2, 0) is 44.5 Å². The predicted octanol–water partition coefficient (Wildman–Crippen LogP) is 5.12. The minimum Gasteiger partial charge on any atom is -0.493 e. The summed E-state index contributed by atoms with van der Waals surface area (Å²) in [5, 5.41) is 21.7. The van der Waals surface area contributed by atoms with E-state index in [1.165, 1.54) is 12.1 Å². The molecule has 3 N–H and O–H groups in total. The van der Waals surface area contributed by atoms with E-state index in [0.29, 0.717) is 11.3 Å². The van der Waals surface area contributed by atoms with Crippen molar-refractivity contribution >= 4 is 28.1 Å². The number of alkyl carbamates (subject to hydrolysis) is 1. The molecule has 3 aromatic rings. The molecule has 4 rings (SSSR count). The Balaban J connectivity index is 1.42. The SMILES string of the molecule is Cc1ccc(S(=O)(=O)OCC2(COc3ccc(C[C@@H](C[C@@H](NC(=O)OC(C)(C)C)C(=O)O)C(=O)O)cc3)COC(c3ccccc3)OC2)cc1. The van der Waals surface area contributed by atoms with Gasteiger partial charge in [0.15, 0.2) is 6.29 Å². The average Bonchev–Trinajstić information content (AvgIpc) is 3.06. The molecule has 0 aliphatic carbocycles. The number of hydrogen-bond acceptors (Lipinski definition) is 10. The summed E-state index contributed by atoms with van der Waals surface area (Å²) < 4.78 is 54.8. The Kier molecular flexibility index (Phi) is 12.6. The van der Waals surface area contributed by atoms with Crippen LogP contribution in [0.15, 0.2) is 83.8 Å². The summed E-state index contributed by atoms with van der Waals surface area (Å²) in [4.78, 5) is 36.1. The van der Waals surface area contributed by atoms with Crippen molar-refractivity contribution < 1.29 is 56.1 Å². The maximum atomic E-state index is 13.0. The number of carboxylic acids is 2. The van der Waals surface area contributed by atoms with Gasteiger partial charge in [-0.3, -0.25) is 8.98 Å². The highest BCUT2D eigenvalue weighted by Gasteiger charge is 2.41. The standard InChI is InChI=1S/C36H43NO12S/c1-24-10-16-29(17-11-24)50(43,44)48-23-36(21-46-33(47-22-36)26-8-6-5-7-9-26)20-45-28-14-12-25(13-15-28)18-27(31(38)39)19-30(32(40)41)37-34(42)49-35(2,3)4/h5-17,27,30,33H,18-23H2,1-4H3,(H,37,42)(H,38,39)(H,40,41)/t27-,30+,33?,36?/m0/s1. The summed E-state index contributed by atoms with van der Waals surface area (Å²) in [6.45, 7) is 6.53. The molecule has 0 spiro atoms. The molecule has 1 saturated heterocycles. The van der Waals surface area contributed by atoms with Crippen LogP contribution in [0.2, 0.25) is 0 Å². The van der Waals surface area contributed by atoms with Crippen LogP contribution in [0.25, 0.3) is 0 Å². The molecule has 0 radical (unpaired) electrons. The van der Waals surface area contributed by atoms with Crippen LogP contribution in [0, 0.1) is 18.3 Å². The number of carbonyl (C=O) groups excluding carboxylic acids is 1. The molecule has 14 heteroatoms. The Bertz CT molecular complexity index is 1700. The number of nitrogens with one attached hydrogen (secondary N) is 1. The molecule has 1 aliphatic rings. The fraction of sp³-hybridized carbons (Fsp3) is 0.417. The fourth-order valence-corrected chi connectivity index (χ4v) is 6.06. The summed E-state index contributed by atoms with van der Waals surface area (Å²) in [7, 11) is -4.10. The van der Waals surface area contributed by atoms with Crippen LogP contribution in [0.4, 0.5) is 4.79 Å². The van der Waals surface area contributed by atoms with Gasteiger partial charge in [0.05, 0.1) is 36.0 Å². The number of aliphatic carboxylic acids is 2. The Morgan fingerprint density at radius 1 is 0.900 bits per heavy atom. The van der Waals surface area contributed by atoms with Gasteiger partial charge in [-0.2, -0.15) is 8.42 Å². The predicted molar refractivity (Wildman–Crippen MR) is 180 cm³/mol. The van der Waals surface area contributed by atoms with E-state index < -0.39 is 57.4 Å². The van der Waals surface area contributed by atoms with Crippen molar-refractivity contribution in [1.29, 1.82) is 0 Å². The zero-order chi connectivity index (χ0) is 36.5. The smallest absolute Gasteiger partial charge is 0.408 e. The second-order valence-electron chi connectivity index (χ2n) is 13.3. The van der Waals surface area contributed by atoms with Gasteiger partial charge in [-0.05, 0) is 70.4 Å². The largest absolute Gasteiger partial charge is 0.493 e. The highest BCUT2D eigenvalue weighted by molar-refractivity contribution is 7.86. The zero-order valence-electron chi connectivity index (χ0n) is 28.4. The van der Waals surface area contributed by atoms with Crippen LogP contribution in [0.5, 0.6) is 5.75 Å². The molecule has 0 saturated carbocycles. The van der Waals surface area contributed by atoms with Gasteiger partial charge in [-0.25, -0.2) is 9.59 Å². The molecule has 13 nitrogen and oxygen atoms in total. The third-order valence-corrected chi connectivity index (χ3v) is 9.07. The first-order valence-electron chi connectivity index (χ1n) is 16.0. The van der Waals surface area contributed by atoms with Crippen molar-refractivity contribution in [3.63, 3.8) is 0 Å². The van der Waals surface area contributed by atoms with Crippen molar-refractivity contribution in [1.82, 2.24) is 5.32 Å². The Labute approximate surface area is 291 Å². The van der Waals surface area contributed by atoms with E-state index in [0.717, 1.165) is 11.1 Å². The number of hydrogen-bond donors (Lipinski definition) is 3. The number of ether oxygens (including phenoxy) is 4. The Morgan fingerprint density at radius 3 is 2.08 bits per heavy atom. The van der Waals surface area contributed by atoms with Gasteiger partial charge in [-0.15, -0.1) is 0 Å². The number of aryl methyl sites for hydroxylation is 1. The van der Waals surface area contributed by atoms with E-state index in [9.17, 15) is 33.0 Å². The number of amides is 1. The van der Waals surface area contributed by atoms with Gasteiger partial charge in [0, 0.05) is 5.56 Å². The second-order valence-corrected chi connectivity index (χ2v) is 15.0. The lowest BCUT2D eigenvalue weighted by molar-refractivity contribution is -0.244. The van der Waals surface area contributed by atoms with Crippen molar-refractivity contribution in [2.45, 2.75) is 63.4 Å². The monoisotopic (exact) mass is 713 g/mol. The summed E-state index contributed by atoms with van der Waals surface area (Å²) in [6, 6.07) is 20.7. The van der Waals surface area contributed by atoms with Crippen molar-refractivity contribution in [3.05, 3.63) is 95.6 Å². The zero-order valence-corrected chi connectivity index (χ0v) is 29.2. The topological polar surface area (TPSA) is 184 Å². The summed E-state index contributed by atoms with van der Waals surface area (Å²) in [5.41, 5.74) is 0.419. The van der Waals surface area contributed by atoms with Crippen LogP contribution in [0.3, 0.4) is 0 Å².